The molecule has 0 bridgehead atoms. The molecule has 0 spiro atoms. The summed E-state index contributed by atoms with van der Waals surface area (Å²) in [5, 5.41) is 0. The van der Waals surface area contributed by atoms with Crippen molar-refractivity contribution in [1.29, 1.82) is 0 Å². The molecular weight excluding hydrogens is 226 g/mol. The fraction of sp³-hybridized carbons (Fsp3) is 0.733. The first-order chi connectivity index (χ1) is 8.37. The summed E-state index contributed by atoms with van der Waals surface area (Å²) < 4.78 is 6.09. The molecule has 0 saturated carbocycles. The molecule has 1 saturated heterocycles. The van der Waals surface area contributed by atoms with E-state index in [0.717, 1.165) is 19.3 Å². The third kappa shape index (κ3) is 1.71. The molecule has 0 amide bonds. The summed E-state index contributed by atoms with van der Waals surface area (Å²) in [7, 11) is 0. The van der Waals surface area contributed by atoms with Crippen molar-refractivity contribution in [3.05, 3.63) is 23.2 Å². The van der Waals surface area contributed by atoms with Crippen LogP contribution in [0, 0.1) is 17.4 Å². The van der Waals surface area contributed by atoms with E-state index in [1.54, 1.807) is 0 Å². The Morgan fingerprint density at radius 3 is 2.78 bits per heavy atom. The fourth-order valence-corrected chi connectivity index (χ4v) is 3.41. The second kappa shape index (κ2) is 4.20. The molecule has 3 heteroatoms. The molecule has 0 aromatic carbocycles. The maximum absolute atomic E-state index is 12.3. The van der Waals surface area contributed by atoms with Crippen LogP contribution in [0.4, 0.5) is 0 Å². The minimum absolute atomic E-state index is 0.0688. The average Bonchev–Trinajstić information content (AvgIpc) is 2.35. The van der Waals surface area contributed by atoms with Gasteiger partial charge in [0.2, 0.25) is 5.70 Å². The molecule has 1 aliphatic heterocycles. The zero-order valence-electron chi connectivity index (χ0n) is 11.6. The van der Waals surface area contributed by atoms with Gasteiger partial charge in [0.25, 0.3) is 0 Å². The van der Waals surface area contributed by atoms with Crippen LogP contribution in [0.5, 0.6) is 0 Å². The van der Waals surface area contributed by atoms with Gasteiger partial charge in [0.1, 0.15) is 0 Å². The number of nitrogens with zero attached hydrogens (tertiary/aromatic N) is 1. The number of Topliss-reactive ketones (excluding diaryl/α,β-unsaturated/α-hetero) is 1. The lowest BCUT2D eigenvalue weighted by atomic mass is 9.59. The van der Waals surface area contributed by atoms with Crippen LogP contribution < -0.4 is 0 Å². The number of ketones is 1. The normalized spacial score (nSPS) is 38.6. The van der Waals surface area contributed by atoms with Crippen LogP contribution in [-0.2, 0) is 9.53 Å². The van der Waals surface area contributed by atoms with Crippen LogP contribution in [-0.4, -0.2) is 18.0 Å². The van der Waals surface area contributed by atoms with E-state index in [2.05, 4.69) is 18.7 Å². The zero-order chi connectivity index (χ0) is 13.6. The van der Waals surface area contributed by atoms with Crippen LogP contribution in [0.3, 0.4) is 0 Å². The average molecular weight is 247 g/mol. The molecule has 0 aromatic rings. The van der Waals surface area contributed by atoms with Crippen LogP contribution in [0.1, 0.15) is 47.0 Å². The van der Waals surface area contributed by atoms with Gasteiger partial charge in [-0.05, 0) is 26.2 Å². The van der Waals surface area contributed by atoms with E-state index in [1.165, 1.54) is 0 Å². The Morgan fingerprint density at radius 2 is 2.22 bits per heavy atom. The van der Waals surface area contributed by atoms with Gasteiger partial charge in [0, 0.05) is 10.8 Å². The number of ether oxygens (including phenoxy) is 1. The van der Waals surface area contributed by atoms with E-state index in [4.69, 9.17) is 11.3 Å². The Morgan fingerprint density at radius 1 is 1.56 bits per heavy atom. The highest BCUT2D eigenvalue weighted by atomic mass is 16.5. The lowest BCUT2D eigenvalue weighted by Crippen LogP contribution is -2.56. The Bertz CT molecular complexity index is 444. The van der Waals surface area contributed by atoms with E-state index >= 15 is 0 Å². The number of rotatable bonds is 1. The number of hydrogen-bond donors (Lipinski definition) is 0. The number of carbonyl (C=O) groups excluding carboxylic acids is 1. The summed E-state index contributed by atoms with van der Waals surface area (Å²) in [4.78, 5) is 15.8. The van der Waals surface area contributed by atoms with Gasteiger partial charge in [0.15, 0.2) is 5.78 Å². The van der Waals surface area contributed by atoms with E-state index < -0.39 is 5.41 Å². The summed E-state index contributed by atoms with van der Waals surface area (Å²) in [6.07, 6.45) is 4.91. The summed E-state index contributed by atoms with van der Waals surface area (Å²) >= 11 is 0. The largest absolute Gasteiger partial charge is 0.373 e. The van der Waals surface area contributed by atoms with Crippen molar-refractivity contribution in [3.8, 4) is 0 Å². The predicted octanol–water partition coefficient (Wildman–Crippen LogP) is 3.36. The molecule has 3 nitrogen and oxygen atoms in total. The molecule has 1 heterocycles. The van der Waals surface area contributed by atoms with E-state index in [0.29, 0.717) is 5.70 Å². The molecule has 0 N–H and O–H groups in total. The van der Waals surface area contributed by atoms with Gasteiger partial charge in [0.05, 0.1) is 18.8 Å². The van der Waals surface area contributed by atoms with Gasteiger partial charge in [-0.25, -0.2) is 4.85 Å². The topological polar surface area (TPSA) is 30.7 Å². The molecule has 1 fully saturated rings. The molecule has 98 valence electrons. The van der Waals surface area contributed by atoms with Crippen molar-refractivity contribution in [1.82, 2.24) is 0 Å². The Hall–Kier alpha value is -1.14. The maximum Gasteiger partial charge on any atom is 0.226 e. The molecule has 2 rings (SSSR count). The van der Waals surface area contributed by atoms with Gasteiger partial charge in [-0.15, -0.1) is 0 Å². The molecule has 0 unspecified atom stereocenters. The molecule has 0 aromatic heterocycles. The Balaban J connectivity index is 2.55. The highest BCUT2D eigenvalue weighted by molar-refractivity contribution is 6.02. The Labute approximate surface area is 109 Å². The van der Waals surface area contributed by atoms with Crippen LogP contribution in [0.2, 0.25) is 0 Å². The van der Waals surface area contributed by atoms with Crippen molar-refractivity contribution in [2.75, 3.05) is 0 Å². The van der Waals surface area contributed by atoms with Crippen LogP contribution in [0.15, 0.2) is 11.8 Å². The summed E-state index contributed by atoms with van der Waals surface area (Å²) in [5.74, 6) is -0.0688. The SMILES string of the molecule is [C-]#[N+]C1=C[C@]2(CC)CC[C@@H](C)O[C@H]2C(C)(C)C1=O. The summed E-state index contributed by atoms with van der Waals surface area (Å²) in [6, 6.07) is 0. The Kier molecular flexibility index (Phi) is 3.11. The molecule has 0 radical (unpaired) electrons. The predicted molar refractivity (Wildman–Crippen MR) is 69.8 cm³/mol. The smallest absolute Gasteiger partial charge is 0.226 e. The standard InChI is InChI=1S/C15H21NO2/c1-6-15-8-7-10(2)18-13(15)14(3,4)12(17)11(9-15)16-5/h9-10,13H,6-8H2,1-4H3/t10-,13+,15+/m1/s1. The first-order valence-electron chi connectivity index (χ1n) is 6.68. The lowest BCUT2D eigenvalue weighted by molar-refractivity contribution is -0.171. The monoisotopic (exact) mass is 247 g/mol. The van der Waals surface area contributed by atoms with Crippen molar-refractivity contribution in [2.45, 2.75) is 59.2 Å². The van der Waals surface area contributed by atoms with Gasteiger partial charge in [-0.2, -0.15) is 0 Å². The highest BCUT2D eigenvalue weighted by Gasteiger charge is 2.55. The van der Waals surface area contributed by atoms with E-state index in [-0.39, 0.29) is 23.4 Å². The van der Waals surface area contributed by atoms with Gasteiger partial charge < -0.3 is 9.53 Å². The third-order valence-electron chi connectivity index (χ3n) is 4.58. The van der Waals surface area contributed by atoms with Crippen molar-refractivity contribution in [2.24, 2.45) is 10.8 Å². The van der Waals surface area contributed by atoms with Crippen LogP contribution >= 0.6 is 0 Å². The molecule has 2 aliphatic rings. The minimum Gasteiger partial charge on any atom is -0.373 e. The van der Waals surface area contributed by atoms with Gasteiger partial charge in [-0.1, -0.05) is 26.8 Å². The molecule has 18 heavy (non-hydrogen) atoms. The number of carbonyl (C=O) groups is 1. The fourth-order valence-electron chi connectivity index (χ4n) is 3.41. The number of hydrogen-bond acceptors (Lipinski definition) is 2. The second-order valence-electron chi connectivity index (χ2n) is 6.14. The van der Waals surface area contributed by atoms with E-state index in [9.17, 15) is 4.79 Å². The molecular formula is C15H21NO2. The van der Waals surface area contributed by atoms with Crippen molar-refractivity contribution in [3.63, 3.8) is 0 Å². The van der Waals surface area contributed by atoms with E-state index in [1.807, 2.05) is 19.9 Å². The first kappa shape index (κ1) is 13.3. The first-order valence-corrected chi connectivity index (χ1v) is 6.68. The summed E-state index contributed by atoms with van der Waals surface area (Å²) in [6.45, 7) is 15.2. The molecule has 1 aliphatic carbocycles. The summed E-state index contributed by atoms with van der Waals surface area (Å²) in [5.41, 5.74) is -0.431. The zero-order valence-corrected chi connectivity index (χ0v) is 11.6. The van der Waals surface area contributed by atoms with Crippen LogP contribution in [0.25, 0.3) is 4.85 Å². The third-order valence-corrected chi connectivity index (χ3v) is 4.58. The van der Waals surface area contributed by atoms with Crippen molar-refractivity contribution < 1.29 is 9.53 Å². The quantitative estimate of drug-likeness (QED) is 0.665. The second-order valence-corrected chi connectivity index (χ2v) is 6.14. The van der Waals surface area contributed by atoms with Gasteiger partial charge >= 0.3 is 0 Å². The lowest BCUT2D eigenvalue weighted by Gasteiger charge is -2.53. The number of allylic oxidation sites excluding steroid dienone is 1. The van der Waals surface area contributed by atoms with Crippen molar-refractivity contribution >= 4 is 5.78 Å². The molecule has 3 atom stereocenters. The van der Waals surface area contributed by atoms with Gasteiger partial charge in [-0.3, -0.25) is 0 Å². The highest BCUT2D eigenvalue weighted by Crippen LogP contribution is 2.52. The maximum atomic E-state index is 12.3. The minimum atomic E-state index is -0.598. The number of fused-ring (bicyclic) bond motifs is 1.